The normalized spacial score (nSPS) is 10.3. The molecule has 0 saturated carbocycles. The van der Waals surface area contributed by atoms with Gasteiger partial charge in [0.15, 0.2) is 12.4 Å². The number of phenols is 1. The Kier molecular flexibility index (Phi) is 3.89. The molecular weight excluding hydrogens is 260 g/mol. The lowest BCUT2D eigenvalue weighted by molar-refractivity contribution is -0.142. The number of Topliss-reactive ketones (excluding diaryl/α,β-unsaturated/α-hetero) is 1. The monoisotopic (exact) mass is 274 g/mol. The molecule has 2 aromatic rings. The maximum atomic E-state index is 11.4. The van der Waals surface area contributed by atoms with Crippen LogP contribution in [-0.4, -0.2) is 30.6 Å². The number of hydrogen-bond donors (Lipinski definition) is 1. The van der Waals surface area contributed by atoms with Crippen LogP contribution in [0.3, 0.4) is 0 Å². The first-order valence-electron chi connectivity index (χ1n) is 5.99. The molecule has 5 heteroatoms. The van der Waals surface area contributed by atoms with Crippen LogP contribution in [0, 0.1) is 0 Å². The molecule has 5 nitrogen and oxygen atoms in total. The Balaban J connectivity index is 2.34. The van der Waals surface area contributed by atoms with E-state index in [9.17, 15) is 14.7 Å². The molecular formula is C15H14O5. The lowest BCUT2D eigenvalue weighted by Gasteiger charge is -2.08. The quantitative estimate of drug-likeness (QED) is 0.684. The highest BCUT2D eigenvalue weighted by atomic mass is 16.6. The first kappa shape index (κ1) is 13.9. The van der Waals surface area contributed by atoms with E-state index in [4.69, 9.17) is 4.74 Å². The average molecular weight is 274 g/mol. The molecule has 0 fully saturated rings. The van der Waals surface area contributed by atoms with Crippen molar-refractivity contribution < 1.29 is 24.2 Å². The second-order valence-electron chi connectivity index (χ2n) is 4.27. The molecule has 2 aromatic carbocycles. The molecule has 0 bridgehead atoms. The van der Waals surface area contributed by atoms with Gasteiger partial charge in [0.2, 0.25) is 0 Å². The van der Waals surface area contributed by atoms with Gasteiger partial charge >= 0.3 is 5.97 Å². The fourth-order valence-electron chi connectivity index (χ4n) is 1.87. The average Bonchev–Trinajstić information content (AvgIpc) is 2.44. The van der Waals surface area contributed by atoms with Crippen molar-refractivity contribution in [2.45, 2.75) is 6.92 Å². The highest BCUT2D eigenvalue weighted by molar-refractivity contribution is 6.03. The number of esters is 1. The maximum Gasteiger partial charge on any atom is 0.343 e. The van der Waals surface area contributed by atoms with Crippen LogP contribution in [0.15, 0.2) is 30.3 Å². The molecule has 0 aliphatic rings. The van der Waals surface area contributed by atoms with Crippen molar-refractivity contribution >= 4 is 22.5 Å². The van der Waals surface area contributed by atoms with Gasteiger partial charge in [0.25, 0.3) is 0 Å². The van der Waals surface area contributed by atoms with Crippen LogP contribution in [0.2, 0.25) is 0 Å². The highest BCUT2D eigenvalue weighted by Crippen LogP contribution is 2.31. The largest absolute Gasteiger partial charge is 0.507 e. The third-order valence-electron chi connectivity index (χ3n) is 2.93. The zero-order valence-electron chi connectivity index (χ0n) is 11.2. The number of carbonyl (C=O) groups is 2. The van der Waals surface area contributed by atoms with Gasteiger partial charge in [0.05, 0.1) is 12.7 Å². The summed E-state index contributed by atoms with van der Waals surface area (Å²) >= 11 is 0. The predicted molar refractivity (Wildman–Crippen MR) is 73.1 cm³/mol. The van der Waals surface area contributed by atoms with Crippen LogP contribution in [0.5, 0.6) is 11.5 Å². The van der Waals surface area contributed by atoms with Gasteiger partial charge in [-0.1, -0.05) is 6.07 Å². The second-order valence-corrected chi connectivity index (χ2v) is 4.27. The molecule has 2 rings (SSSR count). The number of fused-ring (bicyclic) bond motifs is 1. The van der Waals surface area contributed by atoms with E-state index in [-0.39, 0.29) is 23.7 Å². The molecule has 0 spiro atoms. The highest BCUT2D eigenvalue weighted by Gasteiger charge is 2.11. The Morgan fingerprint density at radius 1 is 1.20 bits per heavy atom. The van der Waals surface area contributed by atoms with Crippen LogP contribution >= 0.6 is 0 Å². The van der Waals surface area contributed by atoms with Crippen LogP contribution in [-0.2, 0) is 9.53 Å². The van der Waals surface area contributed by atoms with E-state index < -0.39 is 5.97 Å². The van der Waals surface area contributed by atoms with Crippen molar-refractivity contribution in [1.29, 1.82) is 0 Å². The molecule has 0 aromatic heterocycles. The Hall–Kier alpha value is -2.56. The summed E-state index contributed by atoms with van der Waals surface area (Å²) in [6.07, 6.45) is 0. The number of methoxy groups -OCH3 is 1. The second kappa shape index (κ2) is 5.61. The number of hydrogen-bond acceptors (Lipinski definition) is 5. The van der Waals surface area contributed by atoms with Crippen LogP contribution in [0.4, 0.5) is 0 Å². The van der Waals surface area contributed by atoms with Crippen LogP contribution in [0.25, 0.3) is 10.8 Å². The summed E-state index contributed by atoms with van der Waals surface area (Å²) in [7, 11) is 1.29. The number of rotatable bonds is 4. The topological polar surface area (TPSA) is 72.8 Å². The summed E-state index contributed by atoms with van der Waals surface area (Å²) in [6.45, 7) is 1.22. The Morgan fingerprint density at radius 2 is 1.95 bits per heavy atom. The zero-order valence-corrected chi connectivity index (χ0v) is 11.2. The summed E-state index contributed by atoms with van der Waals surface area (Å²) in [6, 6.07) is 8.22. The van der Waals surface area contributed by atoms with Crippen molar-refractivity contribution in [2.24, 2.45) is 0 Å². The molecule has 0 heterocycles. The number of ketones is 1. The third kappa shape index (κ3) is 2.71. The van der Waals surface area contributed by atoms with Crippen molar-refractivity contribution in [1.82, 2.24) is 0 Å². The number of ether oxygens (including phenoxy) is 2. The van der Waals surface area contributed by atoms with Crippen molar-refractivity contribution in [3.05, 3.63) is 35.9 Å². The minimum Gasteiger partial charge on any atom is -0.507 e. The standard InChI is InChI=1S/C15H14O5/c1-9(16)12-5-3-10-7-11(20-8-14(17)19-2)4-6-13(10)15(12)18/h3-7,18H,8H2,1-2H3. The van der Waals surface area contributed by atoms with Gasteiger partial charge in [-0.05, 0) is 36.6 Å². The molecule has 0 amide bonds. The molecule has 104 valence electrons. The molecule has 1 N–H and O–H groups in total. The molecule has 0 aliphatic carbocycles. The van der Waals surface area contributed by atoms with Gasteiger partial charge in [-0.3, -0.25) is 4.79 Å². The summed E-state index contributed by atoms with van der Waals surface area (Å²) in [5, 5.41) is 11.3. The first-order valence-corrected chi connectivity index (χ1v) is 5.99. The zero-order chi connectivity index (χ0) is 14.7. The minimum atomic E-state index is -0.472. The van der Waals surface area contributed by atoms with E-state index in [1.807, 2.05) is 0 Å². The van der Waals surface area contributed by atoms with Gasteiger partial charge in [-0.2, -0.15) is 0 Å². The predicted octanol–water partition coefficient (Wildman–Crippen LogP) is 2.30. The van der Waals surface area contributed by atoms with Crippen LogP contribution in [0.1, 0.15) is 17.3 Å². The lowest BCUT2D eigenvalue weighted by atomic mass is 10.0. The molecule has 0 radical (unpaired) electrons. The van der Waals surface area contributed by atoms with E-state index >= 15 is 0 Å². The maximum absolute atomic E-state index is 11.4. The van der Waals surface area contributed by atoms with Crippen molar-refractivity contribution in [2.75, 3.05) is 13.7 Å². The summed E-state index contributed by atoms with van der Waals surface area (Å²) < 4.78 is 9.74. The fourth-order valence-corrected chi connectivity index (χ4v) is 1.87. The number of aromatic hydroxyl groups is 1. The van der Waals surface area contributed by atoms with E-state index in [2.05, 4.69) is 4.74 Å². The molecule has 0 unspecified atom stereocenters. The summed E-state index contributed by atoms with van der Waals surface area (Å²) in [5.41, 5.74) is 0.278. The molecule has 0 atom stereocenters. The summed E-state index contributed by atoms with van der Waals surface area (Å²) in [5.74, 6) is -0.234. The van der Waals surface area contributed by atoms with Gasteiger partial charge in [-0.15, -0.1) is 0 Å². The Morgan fingerprint density at radius 3 is 2.60 bits per heavy atom. The van der Waals surface area contributed by atoms with Gasteiger partial charge < -0.3 is 14.6 Å². The van der Waals surface area contributed by atoms with Crippen LogP contribution < -0.4 is 4.74 Å². The van der Waals surface area contributed by atoms with Crippen molar-refractivity contribution in [3.63, 3.8) is 0 Å². The molecule has 20 heavy (non-hydrogen) atoms. The minimum absolute atomic E-state index is 0.0467. The Bertz CT molecular complexity index is 675. The van der Waals surface area contributed by atoms with E-state index in [0.29, 0.717) is 11.1 Å². The van der Waals surface area contributed by atoms with Gasteiger partial charge in [0, 0.05) is 5.39 Å². The van der Waals surface area contributed by atoms with E-state index in [1.54, 1.807) is 30.3 Å². The molecule has 0 aliphatic heterocycles. The number of benzene rings is 2. The number of carbonyl (C=O) groups excluding carboxylic acids is 2. The fraction of sp³-hybridized carbons (Fsp3) is 0.200. The molecule has 0 saturated heterocycles. The number of phenolic OH excluding ortho intramolecular Hbond substituents is 1. The van der Waals surface area contributed by atoms with E-state index in [0.717, 1.165) is 5.39 Å². The third-order valence-corrected chi connectivity index (χ3v) is 2.93. The van der Waals surface area contributed by atoms with Gasteiger partial charge in [-0.25, -0.2) is 4.79 Å². The lowest BCUT2D eigenvalue weighted by Crippen LogP contribution is -2.12. The van der Waals surface area contributed by atoms with Gasteiger partial charge in [0.1, 0.15) is 11.5 Å². The summed E-state index contributed by atoms with van der Waals surface area (Å²) in [4.78, 5) is 22.3. The first-order chi connectivity index (χ1) is 9.52. The Labute approximate surface area is 115 Å². The smallest absolute Gasteiger partial charge is 0.343 e. The van der Waals surface area contributed by atoms with Crippen molar-refractivity contribution in [3.8, 4) is 11.5 Å². The SMILES string of the molecule is COC(=O)COc1ccc2c(O)c(C(C)=O)ccc2c1. The van der Waals surface area contributed by atoms with E-state index in [1.165, 1.54) is 14.0 Å².